The number of alkyl halides is 1. The molecule has 1 rings (SSSR count). The standard InChI is InChI=1S/C9H14FNO3.ClH/c1-2-14-9(13)4-8(12)7-3-6(10)5-11-7;/h6-7,11H,2-5H2,1H3;1H/t6-,7-;/m1./s1. The highest BCUT2D eigenvalue weighted by molar-refractivity contribution is 5.98. The van der Waals surface area contributed by atoms with E-state index in [1.165, 1.54) is 0 Å². The molecule has 1 aliphatic rings. The summed E-state index contributed by atoms with van der Waals surface area (Å²) in [7, 11) is 0. The first-order valence-corrected chi connectivity index (χ1v) is 4.69. The zero-order valence-corrected chi connectivity index (χ0v) is 9.31. The van der Waals surface area contributed by atoms with Crippen LogP contribution in [0.2, 0.25) is 0 Å². The van der Waals surface area contributed by atoms with E-state index < -0.39 is 18.2 Å². The van der Waals surface area contributed by atoms with Crippen LogP contribution in [0.25, 0.3) is 0 Å². The van der Waals surface area contributed by atoms with Crippen molar-refractivity contribution in [1.82, 2.24) is 5.32 Å². The molecule has 4 nitrogen and oxygen atoms in total. The first-order valence-electron chi connectivity index (χ1n) is 4.69. The number of hydrogen-bond donors (Lipinski definition) is 1. The number of ether oxygens (including phenoxy) is 1. The minimum atomic E-state index is -0.980. The molecule has 6 heteroatoms. The van der Waals surface area contributed by atoms with E-state index in [2.05, 4.69) is 10.1 Å². The van der Waals surface area contributed by atoms with E-state index in [4.69, 9.17) is 0 Å². The number of Topliss-reactive ketones (excluding diaryl/α,β-unsaturated/α-hetero) is 1. The van der Waals surface area contributed by atoms with Gasteiger partial charge in [0.25, 0.3) is 0 Å². The van der Waals surface area contributed by atoms with Crippen LogP contribution in [0.1, 0.15) is 19.8 Å². The number of esters is 1. The molecular weight excluding hydrogens is 225 g/mol. The van der Waals surface area contributed by atoms with Crippen LogP contribution in [0.4, 0.5) is 4.39 Å². The smallest absolute Gasteiger partial charge is 0.313 e. The molecule has 0 aromatic carbocycles. The number of hydrogen-bond acceptors (Lipinski definition) is 4. The molecule has 1 saturated heterocycles. The molecule has 15 heavy (non-hydrogen) atoms. The van der Waals surface area contributed by atoms with Crippen LogP contribution in [0, 0.1) is 0 Å². The molecular formula is C9H15ClFNO3. The van der Waals surface area contributed by atoms with Gasteiger partial charge in [0.15, 0.2) is 5.78 Å². The highest BCUT2D eigenvalue weighted by Crippen LogP contribution is 2.12. The Morgan fingerprint density at radius 3 is 2.67 bits per heavy atom. The fourth-order valence-electron chi connectivity index (χ4n) is 1.42. The van der Waals surface area contributed by atoms with Gasteiger partial charge in [-0.15, -0.1) is 12.4 Å². The van der Waals surface area contributed by atoms with Crippen molar-refractivity contribution in [2.75, 3.05) is 13.2 Å². The van der Waals surface area contributed by atoms with Gasteiger partial charge < -0.3 is 10.1 Å². The van der Waals surface area contributed by atoms with Crippen LogP contribution >= 0.6 is 12.4 Å². The molecule has 0 amide bonds. The summed E-state index contributed by atoms with van der Waals surface area (Å²) in [6.07, 6.45) is -1.08. The van der Waals surface area contributed by atoms with E-state index in [1.54, 1.807) is 6.92 Å². The van der Waals surface area contributed by atoms with Gasteiger partial charge >= 0.3 is 5.97 Å². The fraction of sp³-hybridized carbons (Fsp3) is 0.778. The van der Waals surface area contributed by atoms with E-state index in [1.807, 2.05) is 0 Å². The summed E-state index contributed by atoms with van der Waals surface area (Å²) in [6, 6.07) is -0.519. The lowest BCUT2D eigenvalue weighted by Gasteiger charge is -2.07. The third-order valence-electron chi connectivity index (χ3n) is 2.09. The Hall–Kier alpha value is -0.680. The van der Waals surface area contributed by atoms with Crippen molar-refractivity contribution in [3.05, 3.63) is 0 Å². The zero-order chi connectivity index (χ0) is 10.6. The summed E-state index contributed by atoms with van der Waals surface area (Å²) < 4.78 is 17.3. The topological polar surface area (TPSA) is 55.4 Å². The van der Waals surface area contributed by atoms with Crippen LogP contribution in [-0.4, -0.2) is 37.1 Å². The molecule has 0 unspecified atom stereocenters. The monoisotopic (exact) mass is 239 g/mol. The van der Waals surface area contributed by atoms with Gasteiger partial charge in [-0.25, -0.2) is 4.39 Å². The average molecular weight is 240 g/mol. The molecule has 0 saturated carbocycles. The van der Waals surface area contributed by atoms with Crippen molar-refractivity contribution in [3.63, 3.8) is 0 Å². The Kier molecular flexibility index (Phi) is 6.43. The van der Waals surface area contributed by atoms with Gasteiger partial charge in [0.2, 0.25) is 0 Å². The first kappa shape index (κ1) is 14.3. The molecule has 0 aromatic heterocycles. The van der Waals surface area contributed by atoms with E-state index in [0.717, 1.165) is 0 Å². The maximum atomic E-state index is 12.7. The predicted molar refractivity (Wildman–Crippen MR) is 54.8 cm³/mol. The van der Waals surface area contributed by atoms with Crippen molar-refractivity contribution in [2.24, 2.45) is 0 Å². The zero-order valence-electron chi connectivity index (χ0n) is 8.49. The molecule has 1 N–H and O–H groups in total. The Morgan fingerprint density at radius 1 is 1.53 bits per heavy atom. The van der Waals surface area contributed by atoms with E-state index in [0.29, 0.717) is 0 Å². The van der Waals surface area contributed by atoms with E-state index >= 15 is 0 Å². The number of halogens is 2. The molecule has 2 atom stereocenters. The van der Waals surface area contributed by atoms with Gasteiger partial charge in [0.05, 0.1) is 12.6 Å². The second-order valence-electron chi connectivity index (χ2n) is 3.24. The lowest BCUT2D eigenvalue weighted by molar-refractivity contribution is -0.145. The normalized spacial score (nSPS) is 24.4. The van der Waals surface area contributed by atoms with Gasteiger partial charge in [0, 0.05) is 13.0 Å². The maximum Gasteiger partial charge on any atom is 0.313 e. The lowest BCUT2D eigenvalue weighted by atomic mass is 10.1. The fourth-order valence-corrected chi connectivity index (χ4v) is 1.42. The Morgan fingerprint density at radius 2 is 2.20 bits per heavy atom. The van der Waals surface area contributed by atoms with Crippen LogP contribution in [-0.2, 0) is 14.3 Å². The average Bonchev–Trinajstić information content (AvgIpc) is 2.52. The van der Waals surface area contributed by atoms with Gasteiger partial charge in [-0.1, -0.05) is 0 Å². The van der Waals surface area contributed by atoms with Gasteiger partial charge in [-0.3, -0.25) is 9.59 Å². The molecule has 0 spiro atoms. The Labute approximate surface area is 94.0 Å². The summed E-state index contributed by atoms with van der Waals surface area (Å²) in [6.45, 7) is 2.13. The minimum Gasteiger partial charge on any atom is -0.466 e. The summed E-state index contributed by atoms with van der Waals surface area (Å²) in [5, 5.41) is 2.72. The van der Waals surface area contributed by atoms with Crippen LogP contribution in [0.5, 0.6) is 0 Å². The molecule has 1 aliphatic heterocycles. The second kappa shape index (κ2) is 6.74. The van der Waals surface area contributed by atoms with Gasteiger partial charge in [-0.05, 0) is 6.92 Å². The van der Waals surface area contributed by atoms with Crippen LogP contribution in [0.3, 0.4) is 0 Å². The highest BCUT2D eigenvalue weighted by atomic mass is 35.5. The summed E-state index contributed by atoms with van der Waals surface area (Å²) >= 11 is 0. The molecule has 0 aliphatic carbocycles. The molecule has 0 radical (unpaired) electrons. The maximum absolute atomic E-state index is 12.7. The molecule has 0 bridgehead atoms. The summed E-state index contributed by atoms with van der Waals surface area (Å²) in [5.74, 6) is -0.829. The van der Waals surface area contributed by atoms with Crippen LogP contribution in [0.15, 0.2) is 0 Å². The van der Waals surface area contributed by atoms with Crippen molar-refractivity contribution in [1.29, 1.82) is 0 Å². The minimum absolute atomic E-state index is 0. The molecule has 88 valence electrons. The molecule has 1 fully saturated rings. The van der Waals surface area contributed by atoms with Crippen LogP contribution < -0.4 is 5.32 Å². The first-order chi connectivity index (χ1) is 6.63. The quantitative estimate of drug-likeness (QED) is 0.578. The Balaban J connectivity index is 0.00000196. The molecule has 1 heterocycles. The number of nitrogens with one attached hydrogen (secondary N) is 1. The summed E-state index contributed by atoms with van der Waals surface area (Å²) in [5.41, 5.74) is 0. The Bertz CT molecular complexity index is 237. The SMILES string of the molecule is CCOC(=O)CC(=O)[C@H]1C[C@@H](F)CN1.Cl. The largest absolute Gasteiger partial charge is 0.466 e. The third-order valence-corrected chi connectivity index (χ3v) is 2.09. The van der Waals surface area contributed by atoms with Crippen molar-refractivity contribution in [2.45, 2.75) is 32.0 Å². The lowest BCUT2D eigenvalue weighted by Crippen LogP contribution is -2.32. The van der Waals surface area contributed by atoms with E-state index in [9.17, 15) is 14.0 Å². The highest BCUT2D eigenvalue weighted by Gasteiger charge is 2.30. The number of rotatable bonds is 4. The van der Waals surface area contributed by atoms with Gasteiger partial charge in [-0.2, -0.15) is 0 Å². The number of carbonyl (C=O) groups is 2. The van der Waals surface area contributed by atoms with Gasteiger partial charge in [0.1, 0.15) is 12.6 Å². The predicted octanol–water partition coefficient (Wildman–Crippen LogP) is 0.631. The number of carbonyl (C=O) groups excluding carboxylic acids is 2. The van der Waals surface area contributed by atoms with E-state index in [-0.39, 0.29) is 44.2 Å². The number of ketones is 1. The second-order valence-corrected chi connectivity index (χ2v) is 3.24. The van der Waals surface area contributed by atoms with Crippen molar-refractivity contribution >= 4 is 24.2 Å². The summed E-state index contributed by atoms with van der Waals surface area (Å²) in [4.78, 5) is 22.3. The van der Waals surface area contributed by atoms with Crippen molar-refractivity contribution < 1.29 is 18.7 Å². The third kappa shape index (κ3) is 4.57. The molecule has 0 aromatic rings. The van der Waals surface area contributed by atoms with Crippen molar-refractivity contribution in [3.8, 4) is 0 Å².